The largest absolute Gasteiger partial charge is 0.286 e. The number of carbonyl (C=O) groups is 1. The molecule has 3 rings (SSSR count). The molecule has 2 aromatic rings. The van der Waals surface area contributed by atoms with Crippen molar-refractivity contribution in [1.29, 1.82) is 0 Å². The number of benzene rings is 2. The summed E-state index contributed by atoms with van der Waals surface area (Å²) in [7, 11) is 0. The Hall–Kier alpha value is -2.12. The maximum Gasteiger partial charge on any atom is 0.266 e. The van der Waals surface area contributed by atoms with E-state index >= 15 is 0 Å². The fourth-order valence-corrected chi connectivity index (χ4v) is 4.05. The molecule has 7 heteroatoms. The second-order valence-electron chi connectivity index (χ2n) is 6.68. The molecule has 0 bridgehead atoms. The molecule has 0 atom stereocenters. The van der Waals surface area contributed by atoms with Crippen molar-refractivity contribution >= 4 is 46.4 Å². The number of thioether (sulfide) groups is 2. The molecule has 146 valence electrons. The summed E-state index contributed by atoms with van der Waals surface area (Å²) in [4.78, 5) is 20.4. The number of amides is 1. The average Bonchev–Trinajstić information content (AvgIpc) is 2.93. The highest BCUT2D eigenvalue weighted by atomic mass is 32.2. The van der Waals surface area contributed by atoms with E-state index < -0.39 is 11.6 Å². The van der Waals surface area contributed by atoms with Crippen molar-refractivity contribution in [3.63, 3.8) is 0 Å². The monoisotopic (exact) mass is 418 g/mol. The first-order valence-corrected chi connectivity index (χ1v) is 10.8. The maximum absolute atomic E-state index is 14.0. The van der Waals surface area contributed by atoms with Gasteiger partial charge >= 0.3 is 0 Å². The Morgan fingerprint density at radius 1 is 1.18 bits per heavy atom. The Labute approximate surface area is 171 Å². The fourth-order valence-electron chi connectivity index (χ4n) is 2.64. The smallest absolute Gasteiger partial charge is 0.266 e. The molecule has 0 N–H and O–H groups in total. The zero-order chi connectivity index (χ0) is 20.3. The van der Waals surface area contributed by atoms with E-state index in [0.29, 0.717) is 16.6 Å². The zero-order valence-corrected chi connectivity index (χ0v) is 17.4. The number of nitrogens with zero attached hydrogens (tertiary/aromatic N) is 2. The number of carbonyl (C=O) groups excluding carboxylic acids is 1. The van der Waals surface area contributed by atoms with E-state index in [9.17, 15) is 13.6 Å². The maximum atomic E-state index is 14.0. The van der Waals surface area contributed by atoms with Crippen molar-refractivity contribution in [2.75, 3.05) is 12.8 Å². The van der Waals surface area contributed by atoms with E-state index in [1.54, 1.807) is 16.7 Å². The minimum absolute atomic E-state index is 0.0102. The van der Waals surface area contributed by atoms with Crippen molar-refractivity contribution in [2.45, 2.75) is 18.7 Å². The molecule has 0 spiro atoms. The van der Waals surface area contributed by atoms with Crippen molar-refractivity contribution < 1.29 is 13.6 Å². The Balaban J connectivity index is 1.95. The lowest BCUT2D eigenvalue weighted by Crippen LogP contribution is -2.32. The van der Waals surface area contributed by atoms with Crippen LogP contribution in [0.15, 0.2) is 57.3 Å². The first kappa shape index (κ1) is 20.6. The SMILES string of the molecule is CSc1ccc(/C=C2/SC(=Nc3ccc(F)cc3F)N(CC(C)C)C2=O)cc1. The number of rotatable bonds is 5. The number of hydrogen-bond donors (Lipinski definition) is 0. The van der Waals surface area contributed by atoms with Gasteiger partial charge in [0.25, 0.3) is 5.91 Å². The van der Waals surface area contributed by atoms with Crippen molar-refractivity contribution in [1.82, 2.24) is 4.90 Å². The van der Waals surface area contributed by atoms with Crippen LogP contribution in [0.5, 0.6) is 0 Å². The molecule has 0 radical (unpaired) electrons. The van der Waals surface area contributed by atoms with Gasteiger partial charge in [-0.05, 0) is 59.8 Å². The molecule has 1 aliphatic rings. The summed E-state index contributed by atoms with van der Waals surface area (Å²) >= 11 is 2.85. The van der Waals surface area contributed by atoms with E-state index in [4.69, 9.17) is 0 Å². The topological polar surface area (TPSA) is 32.7 Å². The fraction of sp³-hybridized carbons (Fsp3) is 0.238. The van der Waals surface area contributed by atoms with Crippen LogP contribution in [-0.4, -0.2) is 28.8 Å². The average molecular weight is 419 g/mol. The van der Waals surface area contributed by atoms with E-state index in [1.165, 1.54) is 17.8 Å². The summed E-state index contributed by atoms with van der Waals surface area (Å²) in [5.41, 5.74) is 0.920. The van der Waals surface area contributed by atoms with E-state index in [0.717, 1.165) is 22.6 Å². The highest BCUT2D eigenvalue weighted by Crippen LogP contribution is 2.35. The lowest BCUT2D eigenvalue weighted by molar-refractivity contribution is -0.122. The molecule has 1 aliphatic heterocycles. The summed E-state index contributed by atoms with van der Waals surface area (Å²) < 4.78 is 27.2. The predicted octanol–water partition coefficient (Wildman–Crippen LogP) is 5.95. The molecular formula is C21H20F2N2OS2. The van der Waals surface area contributed by atoms with Gasteiger partial charge in [0.15, 0.2) is 11.0 Å². The molecular weight excluding hydrogens is 398 g/mol. The van der Waals surface area contributed by atoms with Crippen molar-refractivity contribution in [3.8, 4) is 0 Å². The number of aliphatic imine (C=N–C) groups is 1. The second-order valence-corrected chi connectivity index (χ2v) is 8.57. The lowest BCUT2D eigenvalue weighted by Gasteiger charge is -2.17. The molecule has 2 aromatic carbocycles. The third-order valence-corrected chi connectivity index (χ3v) is 5.73. The quantitative estimate of drug-likeness (QED) is 0.444. The number of halogens is 2. The lowest BCUT2D eigenvalue weighted by atomic mass is 10.2. The van der Waals surface area contributed by atoms with Crippen LogP contribution in [0.25, 0.3) is 6.08 Å². The second kappa shape index (κ2) is 8.92. The number of hydrogen-bond acceptors (Lipinski definition) is 4. The molecule has 1 saturated heterocycles. The molecule has 1 fully saturated rings. The predicted molar refractivity (Wildman–Crippen MR) is 114 cm³/mol. The van der Waals surface area contributed by atoms with E-state index in [1.807, 2.05) is 50.4 Å². The molecule has 3 nitrogen and oxygen atoms in total. The van der Waals surface area contributed by atoms with Gasteiger partial charge in [-0.1, -0.05) is 26.0 Å². The van der Waals surface area contributed by atoms with Crippen LogP contribution in [0.3, 0.4) is 0 Å². The van der Waals surface area contributed by atoms with Crippen LogP contribution in [0.1, 0.15) is 19.4 Å². The highest BCUT2D eigenvalue weighted by molar-refractivity contribution is 8.18. The van der Waals surface area contributed by atoms with Gasteiger partial charge in [0.05, 0.1) is 4.91 Å². The molecule has 1 amide bonds. The molecule has 0 saturated carbocycles. The van der Waals surface area contributed by atoms with Gasteiger partial charge in [-0.25, -0.2) is 13.8 Å². The molecule has 1 heterocycles. The van der Waals surface area contributed by atoms with Crippen LogP contribution in [0.4, 0.5) is 14.5 Å². The van der Waals surface area contributed by atoms with Gasteiger partial charge in [-0.3, -0.25) is 9.69 Å². The van der Waals surface area contributed by atoms with Crippen LogP contribution in [0.2, 0.25) is 0 Å². The van der Waals surface area contributed by atoms with E-state index in [2.05, 4.69) is 4.99 Å². The zero-order valence-electron chi connectivity index (χ0n) is 15.8. The van der Waals surface area contributed by atoms with Crippen molar-refractivity contribution in [2.24, 2.45) is 10.9 Å². The van der Waals surface area contributed by atoms with Crippen LogP contribution in [0, 0.1) is 17.6 Å². The van der Waals surface area contributed by atoms with Gasteiger partial charge in [0.1, 0.15) is 11.5 Å². The van der Waals surface area contributed by atoms with Gasteiger partial charge in [-0.2, -0.15) is 0 Å². The van der Waals surface area contributed by atoms with Gasteiger partial charge in [0, 0.05) is 17.5 Å². The summed E-state index contributed by atoms with van der Waals surface area (Å²) in [5.74, 6) is -1.36. The molecule has 0 aliphatic carbocycles. The third kappa shape index (κ3) is 4.83. The normalized spacial score (nSPS) is 17.4. The summed E-state index contributed by atoms with van der Waals surface area (Å²) in [6, 6.07) is 11.1. The Bertz CT molecular complexity index is 940. The Morgan fingerprint density at radius 3 is 2.50 bits per heavy atom. The summed E-state index contributed by atoms with van der Waals surface area (Å²) in [6.45, 7) is 4.46. The first-order valence-electron chi connectivity index (χ1n) is 8.76. The van der Waals surface area contributed by atoms with Gasteiger partial charge in [0.2, 0.25) is 0 Å². The van der Waals surface area contributed by atoms with Crippen LogP contribution in [-0.2, 0) is 4.79 Å². The Kier molecular flexibility index (Phi) is 6.57. The minimum Gasteiger partial charge on any atom is -0.286 e. The van der Waals surface area contributed by atoms with Gasteiger partial charge < -0.3 is 0 Å². The van der Waals surface area contributed by atoms with Crippen LogP contribution >= 0.6 is 23.5 Å². The number of amidine groups is 1. The highest BCUT2D eigenvalue weighted by Gasteiger charge is 2.33. The van der Waals surface area contributed by atoms with E-state index in [-0.39, 0.29) is 17.5 Å². The third-order valence-electron chi connectivity index (χ3n) is 3.98. The van der Waals surface area contributed by atoms with Crippen molar-refractivity contribution in [3.05, 3.63) is 64.6 Å². The van der Waals surface area contributed by atoms with Crippen LogP contribution < -0.4 is 0 Å². The first-order chi connectivity index (χ1) is 13.4. The molecule has 0 aromatic heterocycles. The van der Waals surface area contributed by atoms with Gasteiger partial charge in [-0.15, -0.1) is 11.8 Å². The summed E-state index contributed by atoms with van der Waals surface area (Å²) in [5, 5.41) is 0.399. The Morgan fingerprint density at radius 2 is 1.89 bits per heavy atom. The summed E-state index contributed by atoms with van der Waals surface area (Å²) in [6.07, 6.45) is 3.82. The standard InChI is InChI=1S/C21H20F2N2OS2/c1-13(2)12-25-20(26)19(10-14-4-7-16(27-3)8-5-14)28-21(25)24-18-9-6-15(22)11-17(18)23/h4-11,13H,12H2,1-3H3/b19-10+,24-21?. The minimum atomic E-state index is -0.755. The molecule has 28 heavy (non-hydrogen) atoms. The molecule has 0 unspecified atom stereocenters.